The SMILES string of the molecule is c1ccc(-c2ccn([B-]3n4c(-c5ccccc5)cc[n+]4[B-](n4ccc(-c5ccccc5)n4)n4c(-c5ccccc5)cc[n+]43)n2)cc1. The zero-order valence-electron chi connectivity index (χ0n) is 24.9. The van der Waals surface area contributed by atoms with E-state index < -0.39 is 0 Å². The molecule has 0 amide bonds. The summed E-state index contributed by atoms with van der Waals surface area (Å²) in [5, 5.41) is 10.3. The van der Waals surface area contributed by atoms with E-state index in [-0.39, 0.29) is 14.2 Å². The number of aromatic nitrogens is 8. The fourth-order valence-corrected chi connectivity index (χ4v) is 6.53. The molecule has 4 aromatic carbocycles. The van der Waals surface area contributed by atoms with Gasteiger partial charge in [0.05, 0.1) is 22.8 Å². The molecule has 10 heteroatoms. The van der Waals surface area contributed by atoms with E-state index in [0.717, 1.165) is 45.0 Å². The monoisotopic (exact) mass is 594 g/mol. The fourth-order valence-electron chi connectivity index (χ4n) is 6.53. The standard InChI is InChI=1S/C36H28B2N8/c1-5-13-29(14-6-1)33-21-25-41(39-33)37-43-27-23-36(32-19-11-4-12-20-32)46(43)38(42-26-22-34(40-42)30-15-7-2-8-16-30)44-28-24-35(45(37)44)31-17-9-3-10-18-31/h1-28H. The second-order valence-corrected chi connectivity index (χ2v) is 11.4. The van der Waals surface area contributed by atoms with E-state index in [1.54, 1.807) is 0 Å². The van der Waals surface area contributed by atoms with Crippen LogP contribution >= 0.6 is 0 Å². The molecule has 0 bridgehead atoms. The topological polar surface area (TPSA) is 53.3 Å². The Balaban J connectivity index is 1.30. The summed E-state index contributed by atoms with van der Waals surface area (Å²) in [6.07, 6.45) is 8.45. The van der Waals surface area contributed by atoms with E-state index in [1.165, 1.54) is 0 Å². The first-order valence-corrected chi connectivity index (χ1v) is 15.4. The Morgan fingerprint density at radius 3 is 1.11 bits per heavy atom. The number of nitrogens with zero attached hydrogens (tertiary/aromatic N) is 8. The fraction of sp³-hybridized carbons (Fsp3) is 0. The molecule has 0 spiro atoms. The van der Waals surface area contributed by atoms with Crippen LogP contribution in [0.15, 0.2) is 170 Å². The summed E-state index contributed by atoms with van der Waals surface area (Å²) in [7, 11) is -0.693. The molecule has 1 aliphatic rings. The number of rotatable bonds is 6. The highest BCUT2D eigenvalue weighted by Crippen LogP contribution is 2.25. The van der Waals surface area contributed by atoms with Crippen LogP contribution in [0.25, 0.3) is 45.0 Å². The highest BCUT2D eigenvalue weighted by atomic mass is 15.6. The molecule has 218 valence electrons. The van der Waals surface area contributed by atoms with Gasteiger partial charge in [0.15, 0.2) is 0 Å². The first-order valence-electron chi connectivity index (χ1n) is 15.4. The first kappa shape index (κ1) is 26.3. The van der Waals surface area contributed by atoms with E-state index in [2.05, 4.69) is 152 Å². The molecule has 0 saturated carbocycles. The molecule has 0 aliphatic carbocycles. The third kappa shape index (κ3) is 4.26. The Morgan fingerprint density at radius 1 is 0.391 bits per heavy atom. The van der Waals surface area contributed by atoms with E-state index in [0.29, 0.717) is 0 Å². The smallest absolute Gasteiger partial charge is 0.373 e. The first-order chi connectivity index (χ1) is 22.8. The second kappa shape index (κ2) is 10.8. The Morgan fingerprint density at radius 2 is 0.739 bits per heavy atom. The Kier molecular flexibility index (Phi) is 6.16. The molecule has 0 atom stereocenters. The summed E-state index contributed by atoms with van der Waals surface area (Å²) in [6, 6.07) is 50.3. The third-order valence-electron chi connectivity index (χ3n) is 8.64. The lowest BCUT2D eigenvalue weighted by Gasteiger charge is -2.37. The van der Waals surface area contributed by atoms with Crippen LogP contribution in [0, 0.1) is 0 Å². The molecular weight excluding hydrogens is 566 g/mol. The van der Waals surface area contributed by atoms with Crippen LogP contribution in [0.2, 0.25) is 0 Å². The average Bonchev–Trinajstić information content (AvgIpc) is 3.96. The van der Waals surface area contributed by atoms with Gasteiger partial charge >= 0.3 is 14.2 Å². The highest BCUT2D eigenvalue weighted by molar-refractivity contribution is 6.51. The highest BCUT2D eigenvalue weighted by Gasteiger charge is 2.42. The summed E-state index contributed by atoms with van der Waals surface area (Å²) < 4.78 is 13.3. The van der Waals surface area contributed by atoms with Crippen molar-refractivity contribution in [2.45, 2.75) is 0 Å². The zero-order valence-corrected chi connectivity index (χ0v) is 24.9. The van der Waals surface area contributed by atoms with E-state index in [9.17, 15) is 0 Å². The summed E-state index contributed by atoms with van der Waals surface area (Å²) in [4.78, 5) is 0. The van der Waals surface area contributed by atoms with Crippen LogP contribution in [-0.4, -0.2) is 42.8 Å². The molecule has 5 heterocycles. The van der Waals surface area contributed by atoms with Gasteiger partial charge in [-0.3, -0.25) is 9.19 Å². The van der Waals surface area contributed by atoms with E-state index in [1.807, 2.05) is 45.6 Å². The van der Waals surface area contributed by atoms with Crippen molar-refractivity contribution in [1.29, 1.82) is 0 Å². The van der Waals surface area contributed by atoms with Gasteiger partial charge in [-0.15, -0.1) is 0 Å². The maximum absolute atomic E-state index is 5.17. The van der Waals surface area contributed by atoms with Gasteiger partial charge in [0, 0.05) is 23.3 Å². The molecule has 8 aromatic rings. The normalized spacial score (nSPS) is 13.0. The predicted octanol–water partition coefficient (Wildman–Crippen LogP) is 5.10. The molecule has 0 N–H and O–H groups in total. The van der Waals surface area contributed by atoms with Gasteiger partial charge in [0.1, 0.15) is 12.4 Å². The van der Waals surface area contributed by atoms with Crippen LogP contribution in [0.5, 0.6) is 0 Å². The van der Waals surface area contributed by atoms with Crippen LogP contribution in [0.3, 0.4) is 0 Å². The van der Waals surface area contributed by atoms with Gasteiger partial charge in [-0.25, -0.2) is 10.2 Å². The molecule has 0 fully saturated rings. The summed E-state index contributed by atoms with van der Waals surface area (Å²) in [5.74, 6) is 0. The minimum absolute atomic E-state index is 0.347. The van der Waals surface area contributed by atoms with Crippen molar-refractivity contribution in [2.75, 3.05) is 0 Å². The molecule has 2 radical (unpaired) electrons. The molecule has 0 saturated heterocycles. The molecule has 0 unspecified atom stereocenters. The Labute approximate surface area is 266 Å². The number of hydrogen-bond acceptors (Lipinski definition) is 2. The number of benzene rings is 4. The van der Waals surface area contributed by atoms with Gasteiger partial charge < -0.3 is 18.4 Å². The average molecular weight is 594 g/mol. The Hall–Kier alpha value is -6.15. The van der Waals surface area contributed by atoms with Crippen molar-refractivity contribution in [3.63, 3.8) is 0 Å². The number of hydrogen-bond donors (Lipinski definition) is 0. The van der Waals surface area contributed by atoms with Crippen molar-refractivity contribution in [2.24, 2.45) is 0 Å². The van der Waals surface area contributed by atoms with E-state index >= 15 is 0 Å². The molecule has 8 nitrogen and oxygen atoms in total. The van der Waals surface area contributed by atoms with Crippen molar-refractivity contribution < 1.29 is 9.19 Å². The maximum atomic E-state index is 5.17. The lowest BCUT2D eigenvalue weighted by atomic mass is 9.86. The lowest BCUT2D eigenvalue weighted by Crippen LogP contribution is -2.84. The van der Waals surface area contributed by atoms with Gasteiger partial charge in [0.25, 0.3) is 0 Å². The van der Waals surface area contributed by atoms with Gasteiger partial charge in [-0.2, -0.15) is 0 Å². The van der Waals surface area contributed by atoms with E-state index in [4.69, 9.17) is 10.2 Å². The van der Waals surface area contributed by atoms with Crippen molar-refractivity contribution in [3.05, 3.63) is 170 Å². The van der Waals surface area contributed by atoms with Crippen LogP contribution in [0.4, 0.5) is 0 Å². The van der Waals surface area contributed by atoms with Crippen LogP contribution in [-0.2, 0) is 0 Å². The number of fused-ring (bicyclic) bond motifs is 2. The van der Waals surface area contributed by atoms with Gasteiger partial charge in [0.2, 0.25) is 0 Å². The van der Waals surface area contributed by atoms with Crippen LogP contribution in [0.1, 0.15) is 0 Å². The van der Waals surface area contributed by atoms with Gasteiger partial charge in [-0.05, 0) is 35.7 Å². The second-order valence-electron chi connectivity index (χ2n) is 11.4. The minimum Gasteiger partial charge on any atom is -0.373 e. The quantitative estimate of drug-likeness (QED) is 0.252. The third-order valence-corrected chi connectivity index (χ3v) is 8.64. The van der Waals surface area contributed by atoms with Crippen molar-refractivity contribution >= 4 is 14.2 Å². The molecular formula is C36H28B2N8. The molecule has 1 aliphatic heterocycles. The molecule has 9 rings (SSSR count). The lowest BCUT2D eigenvalue weighted by molar-refractivity contribution is -0.704. The largest absolute Gasteiger partial charge is 0.543 e. The maximum Gasteiger partial charge on any atom is 0.543 e. The van der Waals surface area contributed by atoms with Crippen molar-refractivity contribution in [1.82, 2.24) is 28.6 Å². The van der Waals surface area contributed by atoms with Crippen LogP contribution < -0.4 is 9.19 Å². The predicted molar refractivity (Wildman–Crippen MR) is 179 cm³/mol. The molecule has 46 heavy (non-hydrogen) atoms. The zero-order chi connectivity index (χ0) is 30.5. The molecule has 4 aromatic heterocycles. The summed E-state index contributed by atoms with van der Waals surface area (Å²) in [6.45, 7) is 0. The Bertz CT molecular complexity index is 2110. The minimum atomic E-state index is -0.347. The van der Waals surface area contributed by atoms with Gasteiger partial charge in [-0.1, -0.05) is 121 Å². The van der Waals surface area contributed by atoms with Crippen molar-refractivity contribution in [3.8, 4) is 45.0 Å². The summed E-state index contributed by atoms with van der Waals surface area (Å²) in [5.41, 5.74) is 8.38. The summed E-state index contributed by atoms with van der Waals surface area (Å²) >= 11 is 0.